The number of benzene rings is 1. The van der Waals surface area contributed by atoms with E-state index in [1.165, 1.54) is 0 Å². The van der Waals surface area contributed by atoms with Gasteiger partial charge in [-0.3, -0.25) is 0 Å². The number of rotatable bonds is 5. The third kappa shape index (κ3) is 3.05. The van der Waals surface area contributed by atoms with E-state index in [9.17, 15) is 8.42 Å². The summed E-state index contributed by atoms with van der Waals surface area (Å²) < 4.78 is 28.0. The standard InChI is InChI=1S/C15H26N2O2S/c1-7-14(8-16)17-20(18,19)15-12(5)10(3)9(2)11(4)13(15)6/h14,17H,7-8,16H2,1-6H3. The van der Waals surface area contributed by atoms with E-state index in [2.05, 4.69) is 4.72 Å². The molecule has 3 N–H and O–H groups in total. The molecular weight excluding hydrogens is 272 g/mol. The maximum atomic E-state index is 12.7. The van der Waals surface area contributed by atoms with Crippen molar-refractivity contribution in [2.45, 2.75) is 58.9 Å². The Morgan fingerprint density at radius 3 is 1.70 bits per heavy atom. The van der Waals surface area contributed by atoms with Crippen molar-refractivity contribution in [1.82, 2.24) is 4.72 Å². The molecule has 0 fully saturated rings. The van der Waals surface area contributed by atoms with Crippen LogP contribution in [-0.2, 0) is 10.0 Å². The molecule has 20 heavy (non-hydrogen) atoms. The molecule has 0 aliphatic rings. The van der Waals surface area contributed by atoms with E-state index in [0.29, 0.717) is 17.9 Å². The highest BCUT2D eigenvalue weighted by Crippen LogP contribution is 2.29. The minimum Gasteiger partial charge on any atom is -0.329 e. The van der Waals surface area contributed by atoms with Crippen LogP contribution in [0.5, 0.6) is 0 Å². The van der Waals surface area contributed by atoms with Crippen LogP contribution in [0.15, 0.2) is 4.90 Å². The second kappa shape index (κ2) is 6.24. The third-order valence-electron chi connectivity index (χ3n) is 4.30. The van der Waals surface area contributed by atoms with Crippen LogP contribution in [0, 0.1) is 34.6 Å². The van der Waals surface area contributed by atoms with Gasteiger partial charge < -0.3 is 5.73 Å². The zero-order valence-electron chi connectivity index (χ0n) is 13.3. The van der Waals surface area contributed by atoms with Gasteiger partial charge in [-0.15, -0.1) is 0 Å². The molecule has 4 nitrogen and oxygen atoms in total. The molecule has 1 aromatic rings. The summed E-state index contributed by atoms with van der Waals surface area (Å²) in [6.07, 6.45) is 0.678. The summed E-state index contributed by atoms with van der Waals surface area (Å²) in [6, 6.07) is -0.222. The molecule has 0 bridgehead atoms. The van der Waals surface area contributed by atoms with Crippen LogP contribution in [0.2, 0.25) is 0 Å². The Labute approximate surface area is 122 Å². The van der Waals surface area contributed by atoms with Crippen molar-refractivity contribution in [2.75, 3.05) is 6.54 Å². The van der Waals surface area contributed by atoms with Gasteiger partial charge in [0.05, 0.1) is 4.90 Å². The van der Waals surface area contributed by atoms with Gasteiger partial charge in [0.2, 0.25) is 10.0 Å². The molecule has 1 rings (SSSR count). The normalized spacial score (nSPS) is 13.6. The Bertz CT molecular complexity index is 574. The first kappa shape index (κ1) is 17.1. The summed E-state index contributed by atoms with van der Waals surface area (Å²) in [6.45, 7) is 11.9. The Morgan fingerprint density at radius 2 is 1.35 bits per heavy atom. The van der Waals surface area contributed by atoms with E-state index >= 15 is 0 Å². The molecule has 114 valence electrons. The first-order valence-corrected chi connectivity index (χ1v) is 8.45. The third-order valence-corrected chi connectivity index (χ3v) is 6.09. The van der Waals surface area contributed by atoms with Gasteiger partial charge in [0.25, 0.3) is 0 Å². The van der Waals surface area contributed by atoms with Gasteiger partial charge in [-0.2, -0.15) is 0 Å². The van der Waals surface area contributed by atoms with Crippen molar-refractivity contribution in [1.29, 1.82) is 0 Å². The molecule has 5 heteroatoms. The van der Waals surface area contributed by atoms with Crippen LogP contribution in [0.4, 0.5) is 0 Å². The summed E-state index contributed by atoms with van der Waals surface area (Å²) >= 11 is 0. The van der Waals surface area contributed by atoms with Crippen LogP contribution in [-0.4, -0.2) is 21.0 Å². The topological polar surface area (TPSA) is 72.2 Å². The fraction of sp³-hybridized carbons (Fsp3) is 0.600. The zero-order valence-corrected chi connectivity index (χ0v) is 14.1. The lowest BCUT2D eigenvalue weighted by Gasteiger charge is -2.21. The van der Waals surface area contributed by atoms with E-state index in [1.807, 2.05) is 41.5 Å². The number of nitrogens with two attached hydrogens (primary N) is 1. The molecular formula is C15H26N2O2S. The monoisotopic (exact) mass is 298 g/mol. The van der Waals surface area contributed by atoms with E-state index in [1.54, 1.807) is 0 Å². The SMILES string of the molecule is CCC(CN)NS(=O)(=O)c1c(C)c(C)c(C)c(C)c1C. The minimum absolute atomic E-state index is 0.222. The van der Waals surface area contributed by atoms with Gasteiger partial charge in [-0.1, -0.05) is 6.92 Å². The van der Waals surface area contributed by atoms with Crippen molar-refractivity contribution in [3.05, 3.63) is 27.8 Å². The predicted octanol–water partition coefficient (Wildman–Crippen LogP) is 2.24. The second-order valence-corrected chi connectivity index (χ2v) is 7.07. The van der Waals surface area contributed by atoms with Crippen molar-refractivity contribution in [3.63, 3.8) is 0 Å². The summed E-state index contributed by atoms with van der Waals surface area (Å²) in [5, 5.41) is 0. The van der Waals surface area contributed by atoms with Crippen molar-refractivity contribution < 1.29 is 8.42 Å². The summed E-state index contributed by atoms with van der Waals surface area (Å²) in [5.41, 5.74) is 10.5. The molecule has 0 amide bonds. The lowest BCUT2D eigenvalue weighted by atomic mass is 9.95. The van der Waals surface area contributed by atoms with Crippen molar-refractivity contribution >= 4 is 10.0 Å². The first-order chi connectivity index (χ1) is 9.17. The van der Waals surface area contributed by atoms with Crippen LogP contribution < -0.4 is 10.5 Å². The molecule has 0 spiro atoms. The van der Waals surface area contributed by atoms with Gasteiger partial charge in [-0.05, 0) is 68.9 Å². The second-order valence-electron chi connectivity index (χ2n) is 5.42. The lowest BCUT2D eigenvalue weighted by Crippen LogP contribution is -2.40. The van der Waals surface area contributed by atoms with E-state index in [4.69, 9.17) is 5.73 Å². The summed E-state index contributed by atoms with van der Waals surface area (Å²) in [4.78, 5) is 0.407. The minimum atomic E-state index is -3.54. The highest BCUT2D eigenvalue weighted by Gasteiger charge is 2.25. The van der Waals surface area contributed by atoms with Gasteiger partial charge in [0, 0.05) is 12.6 Å². The van der Waals surface area contributed by atoms with Gasteiger partial charge in [0.15, 0.2) is 0 Å². The summed E-state index contributed by atoms with van der Waals surface area (Å²) in [5.74, 6) is 0. The smallest absolute Gasteiger partial charge is 0.241 e. The number of hydrogen-bond acceptors (Lipinski definition) is 3. The average molecular weight is 298 g/mol. The van der Waals surface area contributed by atoms with Crippen LogP contribution in [0.25, 0.3) is 0 Å². The number of hydrogen-bond donors (Lipinski definition) is 2. The van der Waals surface area contributed by atoms with Gasteiger partial charge >= 0.3 is 0 Å². The Balaban J connectivity index is 3.47. The zero-order chi connectivity index (χ0) is 15.7. The van der Waals surface area contributed by atoms with Crippen molar-refractivity contribution in [2.24, 2.45) is 5.73 Å². The summed E-state index contributed by atoms with van der Waals surface area (Å²) in [7, 11) is -3.54. The molecule has 0 saturated heterocycles. The molecule has 1 atom stereocenters. The van der Waals surface area contributed by atoms with Crippen LogP contribution in [0.1, 0.15) is 41.2 Å². The maximum absolute atomic E-state index is 12.7. The van der Waals surface area contributed by atoms with Gasteiger partial charge in [0.1, 0.15) is 0 Å². The maximum Gasteiger partial charge on any atom is 0.241 e. The van der Waals surface area contributed by atoms with E-state index in [0.717, 1.165) is 27.8 Å². The van der Waals surface area contributed by atoms with E-state index in [-0.39, 0.29) is 6.04 Å². The Morgan fingerprint density at radius 1 is 0.950 bits per heavy atom. The highest BCUT2D eigenvalue weighted by molar-refractivity contribution is 7.89. The Kier molecular flexibility index (Phi) is 5.35. The van der Waals surface area contributed by atoms with Crippen LogP contribution >= 0.6 is 0 Å². The molecule has 1 unspecified atom stereocenters. The fourth-order valence-corrected chi connectivity index (χ4v) is 4.38. The van der Waals surface area contributed by atoms with E-state index < -0.39 is 10.0 Å². The van der Waals surface area contributed by atoms with Crippen molar-refractivity contribution in [3.8, 4) is 0 Å². The lowest BCUT2D eigenvalue weighted by molar-refractivity contribution is 0.541. The quantitative estimate of drug-likeness (QED) is 0.875. The fourth-order valence-electron chi connectivity index (χ4n) is 2.45. The average Bonchev–Trinajstić information content (AvgIpc) is 2.40. The van der Waals surface area contributed by atoms with Gasteiger partial charge in [-0.25, -0.2) is 13.1 Å². The number of sulfonamides is 1. The molecule has 0 saturated carbocycles. The predicted molar refractivity (Wildman–Crippen MR) is 83.6 cm³/mol. The molecule has 1 aromatic carbocycles. The molecule has 0 aromatic heterocycles. The molecule has 0 aliphatic heterocycles. The molecule has 0 heterocycles. The van der Waals surface area contributed by atoms with Crippen LogP contribution in [0.3, 0.4) is 0 Å². The number of nitrogens with one attached hydrogen (secondary N) is 1. The highest BCUT2D eigenvalue weighted by atomic mass is 32.2. The molecule has 0 aliphatic carbocycles. The first-order valence-electron chi connectivity index (χ1n) is 6.96. The molecule has 0 radical (unpaired) electrons. The Hall–Kier alpha value is -0.910. The largest absolute Gasteiger partial charge is 0.329 e.